The van der Waals surface area contributed by atoms with E-state index in [0.29, 0.717) is 42.3 Å². The molecule has 0 radical (unpaired) electrons. The Balaban J connectivity index is 1.31. The molecule has 10 nitrogen and oxygen atoms in total. The quantitative estimate of drug-likeness (QED) is 0.0893. The molecule has 1 heterocycles. The number of nitrogens with one attached hydrogen (secondary N) is 2. The van der Waals surface area contributed by atoms with Gasteiger partial charge in [0.15, 0.2) is 29.2 Å². The molecule has 3 N–H and O–H groups in total. The van der Waals surface area contributed by atoms with E-state index in [4.69, 9.17) is 14.2 Å². The number of hydrogen-bond donors (Lipinski definition) is 3. The first kappa shape index (κ1) is 33.1. The number of halogens is 2. The molecule has 4 aromatic rings. The number of carboxylic acids is 1. The molecule has 0 bridgehead atoms. The lowest BCUT2D eigenvalue weighted by Crippen LogP contribution is -2.35. The molecule has 0 aliphatic heterocycles. The lowest BCUT2D eigenvalue weighted by Gasteiger charge is -2.19. The molecule has 246 valence electrons. The Hall–Kier alpha value is -5.26. The van der Waals surface area contributed by atoms with Crippen LogP contribution in [0.25, 0.3) is 10.9 Å². The number of anilines is 2. The summed E-state index contributed by atoms with van der Waals surface area (Å²) >= 11 is 0. The van der Waals surface area contributed by atoms with Crippen molar-refractivity contribution in [2.45, 2.75) is 58.5 Å². The summed E-state index contributed by atoms with van der Waals surface area (Å²) in [6.07, 6.45) is 3.89. The van der Waals surface area contributed by atoms with Gasteiger partial charge in [0.2, 0.25) is 11.8 Å². The number of carboxylic acid groups (broad SMARTS) is 1. The normalized spacial score (nSPS) is 13.8. The van der Waals surface area contributed by atoms with Gasteiger partial charge in [0.25, 0.3) is 0 Å². The predicted molar refractivity (Wildman–Crippen MR) is 171 cm³/mol. The number of carbonyl (C=O) groups excluding carboxylic acids is 2. The minimum atomic E-state index is -1.31. The van der Waals surface area contributed by atoms with Gasteiger partial charge >= 0.3 is 5.97 Å². The van der Waals surface area contributed by atoms with E-state index >= 15 is 4.39 Å². The molecule has 1 aliphatic rings. The Labute approximate surface area is 270 Å². The number of ether oxygens (including phenoxy) is 3. The van der Waals surface area contributed by atoms with Gasteiger partial charge in [-0.15, -0.1) is 0 Å². The van der Waals surface area contributed by atoms with Crippen LogP contribution in [-0.2, 0) is 14.4 Å². The van der Waals surface area contributed by atoms with Crippen LogP contribution in [0.2, 0.25) is 0 Å². The fraction of sp³-hybridized carbons (Fsp3) is 0.314. The molecular formula is C35H35F2N3O7. The third-order valence-electron chi connectivity index (χ3n) is 7.81. The smallest absolute Gasteiger partial charge is 0.344 e. The highest BCUT2D eigenvalue weighted by Crippen LogP contribution is 2.48. The Morgan fingerprint density at radius 3 is 2.21 bits per heavy atom. The average Bonchev–Trinajstić information content (AvgIpc) is 3.86. The lowest BCUT2D eigenvalue weighted by molar-refractivity contribution is -0.145. The molecule has 1 atom stereocenters. The summed E-state index contributed by atoms with van der Waals surface area (Å²) < 4.78 is 46.1. The molecule has 0 saturated heterocycles. The van der Waals surface area contributed by atoms with Gasteiger partial charge in [0, 0.05) is 35.1 Å². The van der Waals surface area contributed by atoms with Crippen LogP contribution in [-0.4, -0.2) is 40.6 Å². The first-order chi connectivity index (χ1) is 22.6. The highest BCUT2D eigenvalue weighted by molar-refractivity contribution is 6.16. The zero-order valence-electron chi connectivity index (χ0n) is 26.0. The molecule has 47 heavy (non-hydrogen) atoms. The Morgan fingerprint density at radius 2 is 1.57 bits per heavy atom. The van der Waals surface area contributed by atoms with Crippen molar-refractivity contribution < 1.29 is 42.5 Å². The van der Waals surface area contributed by atoms with E-state index in [0.717, 1.165) is 18.9 Å². The van der Waals surface area contributed by atoms with E-state index in [1.807, 2.05) is 6.92 Å². The monoisotopic (exact) mass is 647 g/mol. The number of hydrogen-bond acceptors (Lipinski definition) is 7. The lowest BCUT2D eigenvalue weighted by atomic mass is 10.0. The van der Waals surface area contributed by atoms with Gasteiger partial charge in [-0.05, 0) is 81.1 Å². The minimum Gasteiger partial charge on any atom is -0.490 e. The molecule has 5 rings (SSSR count). The Kier molecular flexibility index (Phi) is 10.2. The van der Waals surface area contributed by atoms with Crippen LogP contribution in [0, 0.1) is 17.0 Å². The molecule has 1 unspecified atom stereocenters. The first-order valence-corrected chi connectivity index (χ1v) is 15.4. The summed E-state index contributed by atoms with van der Waals surface area (Å²) in [6.45, 7) is 4.09. The number of benzene rings is 3. The number of pyridine rings is 1. The number of rotatable bonds is 15. The second-order valence-corrected chi connectivity index (χ2v) is 11.2. The Morgan fingerprint density at radius 1 is 0.872 bits per heavy atom. The third-order valence-corrected chi connectivity index (χ3v) is 7.81. The third kappa shape index (κ3) is 7.76. The highest BCUT2D eigenvalue weighted by Gasteiger charge is 2.56. The van der Waals surface area contributed by atoms with Gasteiger partial charge in [-0.2, -0.15) is 0 Å². The van der Waals surface area contributed by atoms with E-state index in [1.54, 1.807) is 25.1 Å². The van der Waals surface area contributed by atoms with E-state index in [-0.39, 0.29) is 35.3 Å². The van der Waals surface area contributed by atoms with Gasteiger partial charge in [0.05, 0.1) is 12.1 Å². The number of carbonyl (C=O) groups is 3. The number of aliphatic carboxylic acids is 1. The topological polar surface area (TPSA) is 136 Å². The van der Waals surface area contributed by atoms with Gasteiger partial charge < -0.3 is 30.0 Å². The van der Waals surface area contributed by atoms with Crippen LogP contribution in [0.5, 0.6) is 23.0 Å². The SMILES string of the molecule is CCCCCC(Oc1cc2nccc(Oc3ccc(NC(=O)C4(C(=O)Nc5ccc(F)cc5)CC4)cc3F)c2cc1OCC)C(=O)O. The van der Waals surface area contributed by atoms with Crippen LogP contribution in [0.15, 0.2) is 66.9 Å². The Bertz CT molecular complexity index is 1780. The summed E-state index contributed by atoms with van der Waals surface area (Å²) in [6, 6.07) is 13.8. The van der Waals surface area contributed by atoms with Crippen LogP contribution < -0.4 is 24.8 Å². The van der Waals surface area contributed by atoms with Crippen molar-refractivity contribution in [2.75, 3.05) is 17.2 Å². The summed E-state index contributed by atoms with van der Waals surface area (Å²) in [5.41, 5.74) is -0.406. The van der Waals surface area contributed by atoms with Crippen molar-refractivity contribution in [1.82, 2.24) is 4.98 Å². The van der Waals surface area contributed by atoms with Gasteiger partial charge in [-0.1, -0.05) is 19.8 Å². The van der Waals surface area contributed by atoms with Crippen molar-refractivity contribution in [2.24, 2.45) is 5.41 Å². The largest absolute Gasteiger partial charge is 0.490 e. The fourth-order valence-corrected chi connectivity index (χ4v) is 5.04. The molecule has 0 spiro atoms. The second kappa shape index (κ2) is 14.4. The van der Waals surface area contributed by atoms with Crippen LogP contribution in [0.1, 0.15) is 52.4 Å². The van der Waals surface area contributed by atoms with Crippen LogP contribution in [0.3, 0.4) is 0 Å². The first-order valence-electron chi connectivity index (χ1n) is 15.4. The van der Waals surface area contributed by atoms with Crippen molar-refractivity contribution in [3.8, 4) is 23.0 Å². The maximum Gasteiger partial charge on any atom is 0.344 e. The molecule has 3 aromatic carbocycles. The number of fused-ring (bicyclic) bond motifs is 1. The molecule has 2 amide bonds. The van der Waals surface area contributed by atoms with E-state index < -0.39 is 40.9 Å². The second-order valence-electron chi connectivity index (χ2n) is 11.2. The average molecular weight is 648 g/mol. The zero-order chi connectivity index (χ0) is 33.6. The molecular weight excluding hydrogens is 612 g/mol. The van der Waals surface area contributed by atoms with Crippen molar-refractivity contribution in [1.29, 1.82) is 0 Å². The molecule has 1 fully saturated rings. The van der Waals surface area contributed by atoms with E-state index in [9.17, 15) is 23.9 Å². The maximum atomic E-state index is 15.3. The zero-order valence-corrected chi connectivity index (χ0v) is 26.0. The van der Waals surface area contributed by atoms with Crippen LogP contribution >= 0.6 is 0 Å². The minimum absolute atomic E-state index is 0.132. The number of unbranched alkanes of at least 4 members (excludes halogenated alkanes) is 2. The molecule has 1 aliphatic carbocycles. The summed E-state index contributed by atoms with van der Waals surface area (Å²) in [5, 5.41) is 15.4. The van der Waals surface area contributed by atoms with Gasteiger partial charge in [-0.25, -0.2) is 13.6 Å². The van der Waals surface area contributed by atoms with Gasteiger partial charge in [0.1, 0.15) is 17.0 Å². The summed E-state index contributed by atoms with van der Waals surface area (Å²) in [5.74, 6) is -2.78. The van der Waals surface area contributed by atoms with Crippen molar-refractivity contribution >= 4 is 40.1 Å². The molecule has 12 heteroatoms. The van der Waals surface area contributed by atoms with Gasteiger partial charge in [-0.3, -0.25) is 14.6 Å². The predicted octanol–water partition coefficient (Wildman–Crippen LogP) is 7.47. The summed E-state index contributed by atoms with van der Waals surface area (Å²) in [7, 11) is 0. The fourth-order valence-electron chi connectivity index (χ4n) is 5.04. The maximum absolute atomic E-state index is 15.3. The van der Waals surface area contributed by atoms with Crippen molar-refractivity contribution in [3.05, 3.63) is 78.5 Å². The van der Waals surface area contributed by atoms with Crippen molar-refractivity contribution in [3.63, 3.8) is 0 Å². The molecule has 1 saturated carbocycles. The van der Waals surface area contributed by atoms with E-state index in [2.05, 4.69) is 15.6 Å². The number of nitrogens with zero attached hydrogens (tertiary/aromatic N) is 1. The summed E-state index contributed by atoms with van der Waals surface area (Å²) in [4.78, 5) is 42.1. The molecule has 1 aromatic heterocycles. The number of aromatic nitrogens is 1. The number of amides is 2. The van der Waals surface area contributed by atoms with Crippen LogP contribution in [0.4, 0.5) is 20.2 Å². The highest BCUT2D eigenvalue weighted by atomic mass is 19.1. The van der Waals surface area contributed by atoms with E-state index in [1.165, 1.54) is 42.6 Å². The standard InChI is InChI=1S/C35H35F2N3O7/c1-3-5-6-7-29(32(41)42)47-31-20-26-24(19-30(31)45-4-2)27(14-17-38-26)46-28-13-12-23(18-25(28)37)40-34(44)35(15-16-35)33(43)39-22-10-8-21(36)9-11-22/h8-14,17-20,29H,3-7,15-16H2,1-2H3,(H,39,43)(H,40,44)(H,41,42).